The van der Waals surface area contributed by atoms with Crippen molar-refractivity contribution in [3.63, 3.8) is 0 Å². The Bertz CT molecular complexity index is 945. The van der Waals surface area contributed by atoms with E-state index < -0.39 is 0 Å². The molecule has 5 nitrogen and oxygen atoms in total. The normalized spacial score (nSPS) is 12.7. The Kier molecular flexibility index (Phi) is 4.29. The van der Waals surface area contributed by atoms with Gasteiger partial charge in [0.25, 0.3) is 0 Å². The van der Waals surface area contributed by atoms with Gasteiger partial charge in [0.1, 0.15) is 0 Å². The van der Waals surface area contributed by atoms with Crippen molar-refractivity contribution in [2.24, 2.45) is 0 Å². The number of para-hydroxylation sites is 1. The lowest BCUT2D eigenvalue weighted by atomic mass is 10.1. The number of hydrogen-bond acceptors (Lipinski definition) is 3. The number of fused-ring (bicyclic) bond motifs is 2. The highest BCUT2D eigenvalue weighted by molar-refractivity contribution is 5.89. The van der Waals surface area contributed by atoms with Crippen LogP contribution in [0.25, 0.3) is 10.9 Å². The molecule has 0 bridgehead atoms. The average Bonchev–Trinajstić information content (AvgIpc) is 3.26. The van der Waals surface area contributed by atoms with Gasteiger partial charge in [-0.25, -0.2) is 0 Å². The second-order valence-corrected chi connectivity index (χ2v) is 6.84. The molecule has 0 spiro atoms. The third-order valence-electron chi connectivity index (χ3n) is 4.75. The van der Waals surface area contributed by atoms with Crippen LogP contribution in [0.4, 0.5) is 0 Å². The molecule has 134 valence electrons. The van der Waals surface area contributed by atoms with Gasteiger partial charge in [-0.2, -0.15) is 0 Å². The van der Waals surface area contributed by atoms with E-state index in [0.29, 0.717) is 13.0 Å². The number of ether oxygens (including phenoxy) is 2. The quantitative estimate of drug-likeness (QED) is 0.760. The van der Waals surface area contributed by atoms with E-state index in [1.807, 2.05) is 67.4 Å². The first-order valence-electron chi connectivity index (χ1n) is 8.85. The molecule has 0 fully saturated rings. The summed E-state index contributed by atoms with van der Waals surface area (Å²) in [5.41, 5.74) is 3.12. The molecule has 5 heteroatoms. The molecule has 0 unspecified atom stereocenters. The Labute approximate surface area is 152 Å². The molecular weight excluding hydrogens is 328 g/mol. The zero-order valence-electron chi connectivity index (χ0n) is 15.0. The molecule has 3 aromatic rings. The zero-order valence-corrected chi connectivity index (χ0v) is 15.0. The minimum Gasteiger partial charge on any atom is -0.454 e. The summed E-state index contributed by atoms with van der Waals surface area (Å²) in [4.78, 5) is 18.1. The molecule has 0 atom stereocenters. The van der Waals surface area contributed by atoms with E-state index in [4.69, 9.17) is 9.47 Å². The first kappa shape index (κ1) is 16.5. The highest BCUT2D eigenvalue weighted by atomic mass is 16.7. The van der Waals surface area contributed by atoms with Gasteiger partial charge in [0.05, 0.1) is 6.42 Å². The maximum atomic E-state index is 13.0. The van der Waals surface area contributed by atoms with Crippen LogP contribution >= 0.6 is 0 Å². The van der Waals surface area contributed by atoms with E-state index >= 15 is 0 Å². The predicted octanol–water partition coefficient (Wildman–Crippen LogP) is 3.88. The number of H-pyrrole nitrogens is 1. The van der Waals surface area contributed by atoms with E-state index in [2.05, 4.69) is 4.98 Å². The van der Waals surface area contributed by atoms with Gasteiger partial charge in [0.15, 0.2) is 11.5 Å². The molecule has 1 aromatic heterocycles. The number of carbonyl (C=O) groups is 1. The van der Waals surface area contributed by atoms with Crippen molar-refractivity contribution in [1.29, 1.82) is 0 Å². The maximum Gasteiger partial charge on any atom is 0.231 e. The molecule has 0 aliphatic carbocycles. The van der Waals surface area contributed by atoms with Crippen LogP contribution in [0.5, 0.6) is 11.5 Å². The summed E-state index contributed by atoms with van der Waals surface area (Å²) in [6.45, 7) is 4.89. The fourth-order valence-electron chi connectivity index (χ4n) is 3.34. The number of carbonyl (C=O) groups excluding carboxylic acids is 1. The average molecular weight is 350 g/mol. The smallest absolute Gasteiger partial charge is 0.231 e. The molecule has 0 saturated carbocycles. The number of hydrogen-bond donors (Lipinski definition) is 1. The van der Waals surface area contributed by atoms with Crippen LogP contribution in [-0.4, -0.2) is 28.6 Å². The Morgan fingerprint density at radius 2 is 1.96 bits per heavy atom. The summed E-state index contributed by atoms with van der Waals surface area (Å²) in [6.07, 6.45) is 2.31. The van der Waals surface area contributed by atoms with E-state index in [9.17, 15) is 4.79 Å². The summed E-state index contributed by atoms with van der Waals surface area (Å²) < 4.78 is 10.8. The van der Waals surface area contributed by atoms with Crippen molar-refractivity contribution in [2.75, 3.05) is 6.79 Å². The molecule has 0 radical (unpaired) electrons. The van der Waals surface area contributed by atoms with E-state index in [-0.39, 0.29) is 18.7 Å². The third-order valence-corrected chi connectivity index (χ3v) is 4.75. The fraction of sp³-hybridized carbons (Fsp3) is 0.286. The number of aromatic amines is 1. The van der Waals surface area contributed by atoms with Crippen LogP contribution in [0.3, 0.4) is 0 Å². The van der Waals surface area contributed by atoms with E-state index in [1.54, 1.807) is 0 Å². The highest BCUT2D eigenvalue weighted by Crippen LogP contribution is 2.33. The molecule has 1 aliphatic rings. The predicted molar refractivity (Wildman–Crippen MR) is 100 cm³/mol. The second kappa shape index (κ2) is 6.75. The summed E-state index contributed by atoms with van der Waals surface area (Å²) >= 11 is 0. The molecule has 2 aromatic carbocycles. The second-order valence-electron chi connectivity index (χ2n) is 6.84. The Hall–Kier alpha value is -2.95. The fourth-order valence-corrected chi connectivity index (χ4v) is 3.34. The van der Waals surface area contributed by atoms with Gasteiger partial charge >= 0.3 is 0 Å². The summed E-state index contributed by atoms with van der Waals surface area (Å²) in [5.74, 6) is 1.62. The van der Waals surface area contributed by atoms with Crippen molar-refractivity contribution < 1.29 is 14.3 Å². The molecule has 1 amide bonds. The monoisotopic (exact) mass is 350 g/mol. The first-order valence-corrected chi connectivity index (χ1v) is 8.85. The van der Waals surface area contributed by atoms with Crippen LogP contribution in [-0.2, 0) is 17.8 Å². The molecule has 1 N–H and O–H groups in total. The van der Waals surface area contributed by atoms with Gasteiger partial charge < -0.3 is 19.4 Å². The van der Waals surface area contributed by atoms with E-state index in [0.717, 1.165) is 33.5 Å². The number of amides is 1. The van der Waals surface area contributed by atoms with Crippen molar-refractivity contribution >= 4 is 16.8 Å². The SMILES string of the molecule is CC(C)N(Cc1ccc2c(c1)OCO2)C(=O)Cc1c[nH]c2ccccc12. The topological polar surface area (TPSA) is 54.6 Å². The summed E-state index contributed by atoms with van der Waals surface area (Å²) in [6, 6.07) is 14.0. The van der Waals surface area contributed by atoms with Gasteiger partial charge in [-0.15, -0.1) is 0 Å². The number of nitrogens with zero attached hydrogens (tertiary/aromatic N) is 1. The Morgan fingerprint density at radius 3 is 2.81 bits per heavy atom. The number of nitrogens with one attached hydrogen (secondary N) is 1. The van der Waals surface area contributed by atoms with Crippen molar-refractivity contribution in [3.8, 4) is 11.5 Å². The minimum atomic E-state index is 0.109. The van der Waals surface area contributed by atoms with Gasteiger partial charge in [0.2, 0.25) is 12.7 Å². The number of benzene rings is 2. The maximum absolute atomic E-state index is 13.0. The molecule has 4 rings (SSSR count). The van der Waals surface area contributed by atoms with Gasteiger partial charge in [-0.1, -0.05) is 24.3 Å². The minimum absolute atomic E-state index is 0.109. The van der Waals surface area contributed by atoms with Gasteiger partial charge in [-0.3, -0.25) is 4.79 Å². The van der Waals surface area contributed by atoms with Crippen LogP contribution in [0.2, 0.25) is 0 Å². The van der Waals surface area contributed by atoms with Gasteiger partial charge in [-0.05, 0) is 43.2 Å². The third kappa shape index (κ3) is 3.12. The Morgan fingerprint density at radius 1 is 1.15 bits per heavy atom. The van der Waals surface area contributed by atoms with Crippen LogP contribution < -0.4 is 9.47 Å². The first-order chi connectivity index (χ1) is 12.6. The molecule has 2 heterocycles. The lowest BCUT2D eigenvalue weighted by Crippen LogP contribution is -2.37. The number of aromatic nitrogens is 1. The van der Waals surface area contributed by atoms with Crippen LogP contribution in [0, 0.1) is 0 Å². The van der Waals surface area contributed by atoms with Crippen molar-refractivity contribution in [2.45, 2.75) is 32.9 Å². The molecule has 1 aliphatic heterocycles. The molecule has 26 heavy (non-hydrogen) atoms. The van der Waals surface area contributed by atoms with E-state index in [1.165, 1.54) is 0 Å². The van der Waals surface area contributed by atoms with Crippen LogP contribution in [0.15, 0.2) is 48.7 Å². The zero-order chi connectivity index (χ0) is 18.1. The summed E-state index contributed by atoms with van der Waals surface area (Å²) in [7, 11) is 0. The summed E-state index contributed by atoms with van der Waals surface area (Å²) in [5, 5.41) is 1.10. The van der Waals surface area contributed by atoms with Gasteiger partial charge in [0, 0.05) is 29.7 Å². The van der Waals surface area contributed by atoms with Crippen molar-refractivity contribution in [1.82, 2.24) is 9.88 Å². The molecular formula is C21H22N2O3. The van der Waals surface area contributed by atoms with Crippen molar-refractivity contribution in [3.05, 3.63) is 59.8 Å². The van der Waals surface area contributed by atoms with Crippen LogP contribution in [0.1, 0.15) is 25.0 Å². The highest BCUT2D eigenvalue weighted by Gasteiger charge is 2.21. The number of rotatable bonds is 5. The molecule has 0 saturated heterocycles. The Balaban J connectivity index is 1.53. The lowest BCUT2D eigenvalue weighted by Gasteiger charge is -2.27. The standard InChI is InChI=1S/C21H22N2O3/c1-14(2)23(12-15-7-8-19-20(9-15)26-13-25-19)21(24)10-16-11-22-18-6-4-3-5-17(16)18/h3-9,11,14,22H,10,12-13H2,1-2H3. The largest absolute Gasteiger partial charge is 0.454 e. The lowest BCUT2D eigenvalue weighted by molar-refractivity contribution is -0.132.